The van der Waals surface area contributed by atoms with E-state index in [0.29, 0.717) is 69.4 Å². The molecule has 5 rings (SSSR count). The van der Waals surface area contributed by atoms with E-state index in [1.54, 1.807) is 6.20 Å². The Morgan fingerprint density at radius 2 is 1.89 bits per heavy atom. The van der Waals surface area contributed by atoms with Crippen LogP contribution < -0.4 is 21.1 Å². The van der Waals surface area contributed by atoms with Gasteiger partial charge in [-0.05, 0) is 23.8 Å². The third kappa shape index (κ3) is 5.31. The summed E-state index contributed by atoms with van der Waals surface area (Å²) in [5, 5.41) is 2.68. The van der Waals surface area contributed by atoms with Crippen LogP contribution in [-0.4, -0.2) is 70.2 Å². The molecular weight excluding hydrogens is 472 g/mol. The number of hydrogen-bond acceptors (Lipinski definition) is 10. The third-order valence-electron chi connectivity index (χ3n) is 6.38. The first-order valence-corrected chi connectivity index (χ1v) is 12.3. The van der Waals surface area contributed by atoms with E-state index in [-0.39, 0.29) is 17.7 Å². The van der Waals surface area contributed by atoms with E-state index in [0.717, 1.165) is 22.1 Å². The molecule has 1 fully saturated rings. The molecule has 0 spiro atoms. The standard InChI is InChI=1S/C26H30N8O3/c1-2-37-21-8-7-17-5-3-4-6-18(17)20(21)16-34(10-9-22(35)33-11-13-36-14-12-33)26-29-15-19-23(27)30-25(28)31-24(19)32-26/h3-8,15H,2,9-14,16H2,1H3,(H4,27,28,29,30,31,32). The van der Waals surface area contributed by atoms with E-state index in [2.05, 4.69) is 32.1 Å². The number of hydrogen-bond donors (Lipinski definition) is 2. The molecule has 1 saturated heterocycles. The predicted octanol–water partition coefficient (Wildman–Crippen LogP) is 2.39. The number of aromatic nitrogens is 4. The zero-order valence-corrected chi connectivity index (χ0v) is 20.8. The maximum Gasteiger partial charge on any atom is 0.227 e. The number of amides is 1. The van der Waals surface area contributed by atoms with Crippen molar-refractivity contribution >= 4 is 45.4 Å². The zero-order chi connectivity index (χ0) is 25.8. The number of fused-ring (bicyclic) bond motifs is 2. The van der Waals surface area contributed by atoms with Gasteiger partial charge in [0.2, 0.25) is 17.8 Å². The number of nitrogens with two attached hydrogens (primary N) is 2. The van der Waals surface area contributed by atoms with E-state index >= 15 is 0 Å². The van der Waals surface area contributed by atoms with Crippen molar-refractivity contribution in [3.8, 4) is 5.75 Å². The Hall–Kier alpha value is -4.25. The Bertz CT molecular complexity index is 1420. The molecule has 0 aliphatic carbocycles. The van der Waals surface area contributed by atoms with Crippen molar-refractivity contribution in [3.05, 3.63) is 48.2 Å². The molecule has 2 aromatic heterocycles. The number of nitrogen functional groups attached to an aromatic ring is 2. The Morgan fingerprint density at radius 3 is 2.70 bits per heavy atom. The topological polar surface area (TPSA) is 146 Å². The van der Waals surface area contributed by atoms with Crippen LogP contribution in [0.3, 0.4) is 0 Å². The lowest BCUT2D eigenvalue weighted by Crippen LogP contribution is -2.42. The second kappa shape index (κ2) is 10.8. The van der Waals surface area contributed by atoms with Crippen LogP contribution in [0, 0.1) is 0 Å². The lowest BCUT2D eigenvalue weighted by Gasteiger charge is -2.29. The fourth-order valence-electron chi connectivity index (χ4n) is 4.51. The summed E-state index contributed by atoms with van der Waals surface area (Å²) in [5.74, 6) is 1.51. The van der Waals surface area contributed by atoms with Crippen molar-refractivity contribution in [1.29, 1.82) is 0 Å². The molecule has 0 saturated carbocycles. The first kappa shape index (κ1) is 24.4. The maximum absolute atomic E-state index is 13.0. The molecule has 4 aromatic rings. The van der Waals surface area contributed by atoms with Crippen LogP contribution in [0.2, 0.25) is 0 Å². The minimum atomic E-state index is 0.0383. The van der Waals surface area contributed by atoms with Crippen LogP contribution >= 0.6 is 0 Å². The second-order valence-corrected chi connectivity index (χ2v) is 8.74. The summed E-state index contributed by atoms with van der Waals surface area (Å²) in [6.07, 6.45) is 1.89. The van der Waals surface area contributed by atoms with Crippen LogP contribution in [0.5, 0.6) is 5.75 Å². The molecule has 4 N–H and O–H groups in total. The Labute approximate surface area is 214 Å². The van der Waals surface area contributed by atoms with E-state index < -0.39 is 0 Å². The van der Waals surface area contributed by atoms with Gasteiger partial charge in [-0.1, -0.05) is 30.3 Å². The first-order chi connectivity index (χ1) is 18.0. The summed E-state index contributed by atoms with van der Waals surface area (Å²) >= 11 is 0. The zero-order valence-electron chi connectivity index (χ0n) is 20.8. The predicted molar refractivity (Wildman–Crippen MR) is 142 cm³/mol. The van der Waals surface area contributed by atoms with Crippen molar-refractivity contribution < 1.29 is 14.3 Å². The van der Waals surface area contributed by atoms with Gasteiger partial charge in [0, 0.05) is 37.8 Å². The number of carbonyl (C=O) groups is 1. The molecule has 192 valence electrons. The summed E-state index contributed by atoms with van der Waals surface area (Å²) < 4.78 is 11.4. The van der Waals surface area contributed by atoms with E-state index in [1.165, 1.54) is 0 Å². The maximum atomic E-state index is 13.0. The van der Waals surface area contributed by atoms with E-state index in [4.69, 9.17) is 20.9 Å². The van der Waals surface area contributed by atoms with Crippen LogP contribution in [0.4, 0.5) is 17.7 Å². The van der Waals surface area contributed by atoms with Crippen molar-refractivity contribution in [2.24, 2.45) is 0 Å². The summed E-state index contributed by atoms with van der Waals surface area (Å²) in [7, 11) is 0. The highest BCUT2D eigenvalue weighted by molar-refractivity contribution is 5.88. The Morgan fingerprint density at radius 1 is 1.08 bits per heavy atom. The van der Waals surface area contributed by atoms with Gasteiger partial charge in [0.1, 0.15) is 11.6 Å². The number of morpholine rings is 1. The molecular formula is C26H30N8O3. The highest BCUT2D eigenvalue weighted by atomic mass is 16.5. The normalized spacial score (nSPS) is 13.7. The summed E-state index contributed by atoms with van der Waals surface area (Å²) in [5.41, 5.74) is 13.2. The Balaban J connectivity index is 1.52. The van der Waals surface area contributed by atoms with Gasteiger partial charge in [-0.3, -0.25) is 4.79 Å². The lowest BCUT2D eigenvalue weighted by atomic mass is 10.0. The molecule has 1 aliphatic heterocycles. The number of anilines is 3. The fourth-order valence-corrected chi connectivity index (χ4v) is 4.51. The average molecular weight is 503 g/mol. The lowest BCUT2D eigenvalue weighted by molar-refractivity contribution is -0.135. The van der Waals surface area contributed by atoms with Crippen LogP contribution in [0.1, 0.15) is 18.9 Å². The van der Waals surface area contributed by atoms with Gasteiger partial charge < -0.3 is 30.7 Å². The van der Waals surface area contributed by atoms with Crippen LogP contribution in [-0.2, 0) is 16.1 Å². The van der Waals surface area contributed by atoms with Crippen molar-refractivity contribution in [2.45, 2.75) is 19.9 Å². The third-order valence-corrected chi connectivity index (χ3v) is 6.38. The molecule has 11 nitrogen and oxygen atoms in total. The van der Waals surface area contributed by atoms with Crippen molar-refractivity contribution in [1.82, 2.24) is 24.8 Å². The smallest absolute Gasteiger partial charge is 0.227 e. The molecule has 2 aromatic carbocycles. The summed E-state index contributed by atoms with van der Waals surface area (Å²) in [4.78, 5) is 34.3. The van der Waals surface area contributed by atoms with Gasteiger partial charge in [-0.25, -0.2) is 4.98 Å². The van der Waals surface area contributed by atoms with Crippen LogP contribution in [0.25, 0.3) is 21.8 Å². The van der Waals surface area contributed by atoms with Crippen LogP contribution in [0.15, 0.2) is 42.6 Å². The van der Waals surface area contributed by atoms with Crippen molar-refractivity contribution in [3.63, 3.8) is 0 Å². The van der Waals surface area contributed by atoms with Gasteiger partial charge in [0.05, 0.1) is 31.8 Å². The summed E-state index contributed by atoms with van der Waals surface area (Å²) in [6, 6.07) is 12.2. The number of benzene rings is 2. The molecule has 37 heavy (non-hydrogen) atoms. The molecule has 0 atom stereocenters. The molecule has 1 aliphatic rings. The minimum Gasteiger partial charge on any atom is -0.494 e. The average Bonchev–Trinajstić information content (AvgIpc) is 2.92. The number of nitrogens with zero attached hydrogens (tertiary/aromatic N) is 6. The Kier molecular flexibility index (Phi) is 7.13. The van der Waals surface area contributed by atoms with Gasteiger partial charge in [0.15, 0.2) is 5.65 Å². The number of ether oxygens (including phenoxy) is 2. The fraction of sp³-hybridized carbons (Fsp3) is 0.346. The molecule has 11 heteroatoms. The number of rotatable bonds is 8. The minimum absolute atomic E-state index is 0.0383. The highest BCUT2D eigenvalue weighted by Gasteiger charge is 2.21. The molecule has 0 radical (unpaired) electrons. The summed E-state index contributed by atoms with van der Waals surface area (Å²) in [6.45, 7) is 5.61. The molecule has 0 unspecified atom stereocenters. The van der Waals surface area contributed by atoms with E-state index in [1.807, 2.05) is 41.0 Å². The van der Waals surface area contributed by atoms with E-state index in [9.17, 15) is 4.79 Å². The first-order valence-electron chi connectivity index (χ1n) is 12.3. The number of carbonyl (C=O) groups excluding carboxylic acids is 1. The monoisotopic (exact) mass is 502 g/mol. The van der Waals surface area contributed by atoms with Gasteiger partial charge in [-0.2, -0.15) is 15.0 Å². The highest BCUT2D eigenvalue weighted by Crippen LogP contribution is 2.31. The molecule has 3 heterocycles. The second-order valence-electron chi connectivity index (χ2n) is 8.74. The van der Waals surface area contributed by atoms with Gasteiger partial charge >= 0.3 is 0 Å². The van der Waals surface area contributed by atoms with Crippen molar-refractivity contribution in [2.75, 3.05) is 55.8 Å². The van der Waals surface area contributed by atoms with Gasteiger partial charge in [0.25, 0.3) is 0 Å². The molecule has 1 amide bonds. The largest absolute Gasteiger partial charge is 0.494 e. The molecule has 0 bridgehead atoms. The quantitative estimate of drug-likeness (QED) is 0.368. The SMILES string of the molecule is CCOc1ccc2ccccc2c1CN(CCC(=O)N1CCOCC1)c1ncc2c(N)nc(N)nc2n1. The van der Waals surface area contributed by atoms with Gasteiger partial charge in [-0.15, -0.1) is 0 Å².